The topological polar surface area (TPSA) is 41.6 Å². The van der Waals surface area contributed by atoms with Crippen molar-refractivity contribution in [2.75, 3.05) is 13.1 Å². The Balaban J connectivity index is 1.66. The standard InChI is InChI=1S/C21H25FN2O2/c1-15-12-24(13-16(2)26-15)14-18-8-4-3-7-17(18)11-23-21(25)19-9-5-6-10-20(19)22/h3-10,15-16H,11-14H2,1-2H3,(H,23,25)/t15-,16+. The smallest absolute Gasteiger partial charge is 0.254 e. The molecule has 0 bridgehead atoms. The highest BCUT2D eigenvalue weighted by atomic mass is 19.1. The molecule has 1 saturated heterocycles. The van der Waals surface area contributed by atoms with Gasteiger partial charge in [-0.25, -0.2) is 4.39 Å². The fraction of sp³-hybridized carbons (Fsp3) is 0.381. The Morgan fingerprint density at radius 3 is 2.38 bits per heavy atom. The van der Waals surface area contributed by atoms with Crippen LogP contribution in [-0.2, 0) is 17.8 Å². The molecule has 0 unspecified atom stereocenters. The third-order valence-corrected chi connectivity index (χ3v) is 4.57. The summed E-state index contributed by atoms with van der Waals surface area (Å²) in [5, 5.41) is 2.83. The number of carbonyl (C=O) groups is 1. The minimum atomic E-state index is -0.505. The molecule has 26 heavy (non-hydrogen) atoms. The van der Waals surface area contributed by atoms with Gasteiger partial charge in [0.25, 0.3) is 5.91 Å². The van der Waals surface area contributed by atoms with Gasteiger partial charge in [-0.1, -0.05) is 36.4 Å². The molecule has 1 N–H and O–H groups in total. The van der Waals surface area contributed by atoms with E-state index in [9.17, 15) is 9.18 Å². The van der Waals surface area contributed by atoms with Crippen molar-refractivity contribution in [1.29, 1.82) is 0 Å². The summed E-state index contributed by atoms with van der Waals surface area (Å²) in [6, 6.07) is 14.1. The van der Waals surface area contributed by atoms with Crippen molar-refractivity contribution in [3.63, 3.8) is 0 Å². The first kappa shape index (κ1) is 18.5. The minimum absolute atomic E-state index is 0.0702. The molecule has 1 fully saturated rings. The van der Waals surface area contributed by atoms with E-state index in [0.29, 0.717) is 6.54 Å². The molecule has 0 radical (unpaired) electrons. The number of rotatable bonds is 5. The molecule has 5 heteroatoms. The van der Waals surface area contributed by atoms with Crippen molar-refractivity contribution in [3.05, 3.63) is 71.0 Å². The quantitative estimate of drug-likeness (QED) is 0.893. The van der Waals surface area contributed by atoms with Crippen molar-refractivity contribution in [3.8, 4) is 0 Å². The van der Waals surface area contributed by atoms with Gasteiger partial charge in [-0.15, -0.1) is 0 Å². The number of hydrogen-bond donors (Lipinski definition) is 1. The summed E-state index contributed by atoms with van der Waals surface area (Å²) in [6.07, 6.45) is 0.429. The number of amides is 1. The van der Waals surface area contributed by atoms with Crippen molar-refractivity contribution in [1.82, 2.24) is 10.2 Å². The molecule has 2 aromatic rings. The summed E-state index contributed by atoms with van der Waals surface area (Å²) in [5.74, 6) is -0.902. The summed E-state index contributed by atoms with van der Waals surface area (Å²) in [4.78, 5) is 14.6. The maximum absolute atomic E-state index is 13.7. The number of nitrogens with zero attached hydrogens (tertiary/aromatic N) is 1. The Hall–Kier alpha value is -2.24. The monoisotopic (exact) mass is 356 g/mol. The van der Waals surface area contributed by atoms with Crippen LogP contribution in [0.3, 0.4) is 0 Å². The van der Waals surface area contributed by atoms with Gasteiger partial charge < -0.3 is 10.1 Å². The van der Waals surface area contributed by atoms with E-state index in [-0.39, 0.29) is 17.8 Å². The number of halogens is 1. The molecule has 0 saturated carbocycles. The SMILES string of the molecule is C[C@@H]1CN(Cc2ccccc2CNC(=O)c2ccccc2F)C[C@H](C)O1. The fourth-order valence-electron chi connectivity index (χ4n) is 3.45. The third kappa shape index (κ3) is 4.68. The Bertz CT molecular complexity index is 755. The summed E-state index contributed by atoms with van der Waals surface area (Å²) in [7, 11) is 0. The summed E-state index contributed by atoms with van der Waals surface area (Å²) in [5.41, 5.74) is 2.28. The molecule has 3 rings (SSSR count). The van der Waals surface area contributed by atoms with E-state index in [1.807, 2.05) is 18.2 Å². The van der Waals surface area contributed by atoms with Crippen molar-refractivity contribution >= 4 is 5.91 Å². The van der Waals surface area contributed by atoms with Crippen LogP contribution in [0, 0.1) is 5.82 Å². The van der Waals surface area contributed by atoms with Gasteiger partial charge in [0.15, 0.2) is 0 Å². The van der Waals surface area contributed by atoms with Crippen LogP contribution in [0.15, 0.2) is 48.5 Å². The first-order valence-electron chi connectivity index (χ1n) is 9.00. The first-order valence-corrected chi connectivity index (χ1v) is 9.00. The van der Waals surface area contributed by atoms with Gasteiger partial charge in [0, 0.05) is 26.2 Å². The molecule has 2 atom stereocenters. The van der Waals surface area contributed by atoms with Crippen molar-refractivity contribution in [2.45, 2.75) is 39.1 Å². The number of hydrogen-bond acceptors (Lipinski definition) is 3. The molecule has 138 valence electrons. The van der Waals surface area contributed by atoms with Gasteiger partial charge in [-0.2, -0.15) is 0 Å². The molecule has 1 aliphatic heterocycles. The van der Waals surface area contributed by atoms with Crippen LogP contribution >= 0.6 is 0 Å². The van der Waals surface area contributed by atoms with Crippen LogP contribution in [-0.4, -0.2) is 36.1 Å². The Morgan fingerprint density at radius 1 is 1.08 bits per heavy atom. The largest absolute Gasteiger partial charge is 0.373 e. The molecule has 0 aliphatic carbocycles. The van der Waals surface area contributed by atoms with Crippen molar-refractivity contribution in [2.24, 2.45) is 0 Å². The second-order valence-electron chi connectivity index (χ2n) is 6.88. The molecule has 0 spiro atoms. The van der Waals surface area contributed by atoms with Crippen LogP contribution in [0.5, 0.6) is 0 Å². The second-order valence-corrected chi connectivity index (χ2v) is 6.88. The highest BCUT2D eigenvalue weighted by Gasteiger charge is 2.22. The van der Waals surface area contributed by atoms with Gasteiger partial charge in [0.05, 0.1) is 17.8 Å². The maximum atomic E-state index is 13.7. The molecule has 2 aromatic carbocycles. The molecular formula is C21H25FN2O2. The summed E-state index contributed by atoms with van der Waals surface area (Å²) >= 11 is 0. The zero-order valence-electron chi connectivity index (χ0n) is 15.2. The van der Waals surface area contributed by atoms with E-state index in [4.69, 9.17) is 4.74 Å². The van der Waals surface area contributed by atoms with Gasteiger partial charge in [-0.05, 0) is 37.1 Å². The molecule has 1 heterocycles. The Labute approximate surface area is 154 Å². The third-order valence-electron chi connectivity index (χ3n) is 4.57. The zero-order chi connectivity index (χ0) is 18.5. The molecule has 1 amide bonds. The first-order chi connectivity index (χ1) is 12.5. The van der Waals surface area contributed by atoms with E-state index >= 15 is 0 Å². The summed E-state index contributed by atoms with van der Waals surface area (Å²) < 4.78 is 19.5. The lowest BCUT2D eigenvalue weighted by atomic mass is 10.1. The maximum Gasteiger partial charge on any atom is 0.254 e. The van der Waals surface area contributed by atoms with Crippen LogP contribution in [0.1, 0.15) is 35.3 Å². The average Bonchev–Trinajstić information content (AvgIpc) is 2.60. The average molecular weight is 356 g/mol. The highest BCUT2D eigenvalue weighted by molar-refractivity contribution is 5.94. The normalized spacial score (nSPS) is 20.7. The zero-order valence-corrected chi connectivity index (χ0v) is 15.2. The molecule has 0 aromatic heterocycles. The van der Waals surface area contributed by atoms with Crippen LogP contribution in [0.4, 0.5) is 4.39 Å². The van der Waals surface area contributed by atoms with Gasteiger partial charge >= 0.3 is 0 Å². The Morgan fingerprint density at radius 2 is 1.69 bits per heavy atom. The predicted octanol–water partition coefficient (Wildman–Crippen LogP) is 3.36. The van der Waals surface area contributed by atoms with Crippen LogP contribution < -0.4 is 5.32 Å². The van der Waals surface area contributed by atoms with Gasteiger partial charge in [0.2, 0.25) is 0 Å². The minimum Gasteiger partial charge on any atom is -0.373 e. The predicted molar refractivity (Wildman–Crippen MR) is 99.3 cm³/mol. The van der Waals surface area contributed by atoms with E-state index in [1.54, 1.807) is 12.1 Å². The van der Waals surface area contributed by atoms with E-state index in [0.717, 1.165) is 25.2 Å². The van der Waals surface area contributed by atoms with Gasteiger partial charge in [-0.3, -0.25) is 9.69 Å². The van der Waals surface area contributed by atoms with E-state index < -0.39 is 11.7 Å². The fourth-order valence-corrected chi connectivity index (χ4v) is 3.45. The van der Waals surface area contributed by atoms with E-state index in [2.05, 4.69) is 30.1 Å². The van der Waals surface area contributed by atoms with Crippen LogP contribution in [0.25, 0.3) is 0 Å². The second kappa shape index (κ2) is 8.43. The number of nitrogens with one attached hydrogen (secondary N) is 1. The van der Waals surface area contributed by atoms with Gasteiger partial charge in [0.1, 0.15) is 5.82 Å². The molecular weight excluding hydrogens is 331 g/mol. The lowest BCUT2D eigenvalue weighted by Gasteiger charge is -2.35. The lowest BCUT2D eigenvalue weighted by molar-refractivity contribution is -0.0705. The molecule has 1 aliphatic rings. The van der Waals surface area contributed by atoms with Crippen molar-refractivity contribution < 1.29 is 13.9 Å². The van der Waals surface area contributed by atoms with Crippen LogP contribution in [0.2, 0.25) is 0 Å². The lowest BCUT2D eigenvalue weighted by Crippen LogP contribution is -2.45. The highest BCUT2D eigenvalue weighted by Crippen LogP contribution is 2.17. The van der Waals surface area contributed by atoms with E-state index in [1.165, 1.54) is 17.7 Å². The number of benzene rings is 2. The Kier molecular flexibility index (Phi) is 6.01. The number of ether oxygens (including phenoxy) is 1. The number of morpholine rings is 1. The number of carbonyl (C=O) groups excluding carboxylic acids is 1. The summed E-state index contributed by atoms with van der Waals surface area (Å²) in [6.45, 7) is 7.13. The molecule has 4 nitrogen and oxygen atoms in total.